The number of rotatable bonds is 7. The van der Waals surface area contributed by atoms with Crippen molar-refractivity contribution in [3.05, 3.63) is 24.3 Å². The molecule has 0 aromatic heterocycles. The summed E-state index contributed by atoms with van der Waals surface area (Å²) in [4.78, 5) is 26.3. The summed E-state index contributed by atoms with van der Waals surface area (Å²) in [5.41, 5.74) is 0.803. The zero-order valence-corrected chi connectivity index (χ0v) is 28.1. The van der Waals surface area contributed by atoms with Gasteiger partial charge in [-0.25, -0.2) is 17.9 Å². The first-order chi connectivity index (χ1) is 21.3. The van der Waals surface area contributed by atoms with Crippen molar-refractivity contribution in [1.82, 2.24) is 4.72 Å². The summed E-state index contributed by atoms with van der Waals surface area (Å²) in [6.07, 6.45) is 7.45. The summed E-state index contributed by atoms with van der Waals surface area (Å²) < 4.78 is 33.4. The molecule has 0 spiro atoms. The molecule has 4 aliphatic carbocycles. The van der Waals surface area contributed by atoms with Crippen LogP contribution in [0.1, 0.15) is 91.9 Å². The SMILES string of the molecule is CC[C@H]1[C@@H](O)[C@@H]2[C@H](CC[C@]3(C)[C@@H]([C@H](C)COC(=O)NS(=O)(=O)c4ccc(N5CCCC5=O)cc4)CC[C@@H]23)[C@@]2(C)CC[C@@H](O)C[C@@H]12. The van der Waals surface area contributed by atoms with E-state index in [9.17, 15) is 28.2 Å². The molecular formula is C35H52N2O7S. The molecule has 2 amide bonds. The molecule has 0 unspecified atom stereocenters. The largest absolute Gasteiger partial charge is 0.449 e. The monoisotopic (exact) mass is 644 g/mol. The number of sulfonamides is 1. The Morgan fingerprint density at radius 1 is 1.04 bits per heavy atom. The summed E-state index contributed by atoms with van der Waals surface area (Å²) >= 11 is 0. The van der Waals surface area contributed by atoms with Crippen LogP contribution in [0.5, 0.6) is 0 Å². The van der Waals surface area contributed by atoms with Crippen LogP contribution in [0.3, 0.4) is 0 Å². The molecule has 6 rings (SSSR count). The minimum atomic E-state index is -4.13. The van der Waals surface area contributed by atoms with Gasteiger partial charge in [0.15, 0.2) is 0 Å². The second-order valence-electron chi connectivity index (χ2n) is 15.4. The molecule has 5 aliphatic rings. The maximum Gasteiger partial charge on any atom is 0.421 e. The lowest BCUT2D eigenvalue weighted by molar-refractivity contribution is -0.203. The molecule has 4 saturated carbocycles. The molecular weight excluding hydrogens is 592 g/mol. The lowest BCUT2D eigenvalue weighted by atomic mass is 9.41. The summed E-state index contributed by atoms with van der Waals surface area (Å²) in [6, 6.07) is 5.97. The highest BCUT2D eigenvalue weighted by molar-refractivity contribution is 7.90. The Bertz CT molecular complexity index is 1380. The predicted octanol–water partition coefficient (Wildman–Crippen LogP) is 5.49. The number of aliphatic hydroxyl groups is 2. The van der Waals surface area contributed by atoms with Crippen LogP contribution in [-0.4, -0.2) is 56.0 Å². The van der Waals surface area contributed by atoms with E-state index >= 15 is 0 Å². The third-order valence-electron chi connectivity index (χ3n) is 13.4. The Balaban J connectivity index is 1.09. The van der Waals surface area contributed by atoms with Gasteiger partial charge in [-0.1, -0.05) is 34.1 Å². The molecule has 1 saturated heterocycles. The van der Waals surface area contributed by atoms with E-state index in [-0.39, 0.29) is 58.2 Å². The van der Waals surface area contributed by atoms with Crippen LogP contribution in [0.4, 0.5) is 10.5 Å². The van der Waals surface area contributed by atoms with Crippen molar-refractivity contribution in [2.75, 3.05) is 18.1 Å². The van der Waals surface area contributed by atoms with Gasteiger partial charge in [-0.15, -0.1) is 0 Å². The third-order valence-corrected chi connectivity index (χ3v) is 14.7. The normalized spacial score (nSPS) is 40.3. The van der Waals surface area contributed by atoms with Gasteiger partial charge in [0.1, 0.15) is 0 Å². The fourth-order valence-corrected chi connectivity index (χ4v) is 12.1. The Kier molecular flexibility index (Phi) is 8.83. The molecule has 250 valence electrons. The van der Waals surface area contributed by atoms with Crippen LogP contribution >= 0.6 is 0 Å². The van der Waals surface area contributed by atoms with Crippen molar-refractivity contribution in [2.24, 2.45) is 52.3 Å². The average Bonchev–Trinajstić information content (AvgIpc) is 3.59. The van der Waals surface area contributed by atoms with Crippen molar-refractivity contribution in [3.63, 3.8) is 0 Å². The lowest BCUT2D eigenvalue weighted by Crippen LogP contribution is -2.62. The maximum absolute atomic E-state index is 12.9. The van der Waals surface area contributed by atoms with Crippen LogP contribution in [0.25, 0.3) is 0 Å². The Morgan fingerprint density at radius 2 is 1.73 bits per heavy atom. The topological polar surface area (TPSA) is 133 Å². The first kappa shape index (κ1) is 32.8. The zero-order valence-electron chi connectivity index (χ0n) is 27.3. The van der Waals surface area contributed by atoms with E-state index in [1.165, 1.54) is 12.1 Å². The molecule has 11 atom stereocenters. The molecule has 10 heteroatoms. The molecule has 5 fully saturated rings. The number of nitrogens with zero attached hydrogens (tertiary/aromatic N) is 1. The Hall–Kier alpha value is -2.17. The van der Waals surface area contributed by atoms with Gasteiger partial charge in [0.05, 0.1) is 23.7 Å². The molecule has 0 bridgehead atoms. The molecule has 3 N–H and O–H groups in total. The molecule has 1 aromatic rings. The van der Waals surface area contributed by atoms with Crippen LogP contribution in [-0.2, 0) is 19.6 Å². The average molecular weight is 645 g/mol. The number of anilines is 1. The number of fused-ring (bicyclic) bond motifs is 5. The highest BCUT2D eigenvalue weighted by atomic mass is 32.2. The number of hydrogen-bond acceptors (Lipinski definition) is 7. The summed E-state index contributed by atoms with van der Waals surface area (Å²) in [6.45, 7) is 9.83. The minimum Gasteiger partial charge on any atom is -0.449 e. The third kappa shape index (κ3) is 5.60. The first-order valence-electron chi connectivity index (χ1n) is 17.3. The number of aliphatic hydroxyl groups excluding tert-OH is 2. The molecule has 9 nitrogen and oxygen atoms in total. The highest BCUT2D eigenvalue weighted by Gasteiger charge is 2.65. The summed E-state index contributed by atoms with van der Waals surface area (Å²) in [7, 11) is -4.13. The van der Waals surface area contributed by atoms with E-state index < -0.39 is 16.1 Å². The van der Waals surface area contributed by atoms with Crippen LogP contribution in [0.15, 0.2) is 29.2 Å². The number of ether oxygens (including phenoxy) is 1. The summed E-state index contributed by atoms with van der Waals surface area (Å²) in [5, 5.41) is 22.5. The standard InChI is InChI=1S/C35H52N2O7S/c1-5-25-29-19-23(38)14-16-35(29,4)28-15-17-34(3)26(12-13-27(34)31(28)32(25)40)21(2)20-44-33(41)36-45(42,43)24-10-8-22(9-11-24)37-18-6-7-30(37)39/h8-11,21,23,25-29,31-32,38,40H,5-7,12-20H2,1-4H3,(H,36,41)/t21-,23-,25-,26-,27+,28+,29+,31+,32-,34-,35-/m1/s1. The second kappa shape index (κ2) is 12.1. The fraction of sp³-hybridized carbons (Fsp3) is 0.771. The molecule has 1 aliphatic heterocycles. The maximum atomic E-state index is 12.9. The molecule has 1 heterocycles. The van der Waals surface area contributed by atoms with Gasteiger partial charge >= 0.3 is 6.09 Å². The van der Waals surface area contributed by atoms with E-state index in [1.807, 2.05) is 4.72 Å². The number of amides is 2. The number of carbonyl (C=O) groups is 2. The first-order valence-corrected chi connectivity index (χ1v) is 18.7. The van der Waals surface area contributed by atoms with Gasteiger partial charge < -0.3 is 19.8 Å². The predicted molar refractivity (Wildman–Crippen MR) is 171 cm³/mol. The highest BCUT2D eigenvalue weighted by Crippen LogP contribution is 2.69. The van der Waals surface area contributed by atoms with Crippen molar-refractivity contribution in [2.45, 2.75) is 109 Å². The van der Waals surface area contributed by atoms with E-state index in [1.54, 1.807) is 17.0 Å². The van der Waals surface area contributed by atoms with Crippen LogP contribution in [0, 0.1) is 52.3 Å². The van der Waals surface area contributed by atoms with E-state index in [4.69, 9.17) is 4.74 Å². The van der Waals surface area contributed by atoms with E-state index in [2.05, 4.69) is 27.7 Å². The van der Waals surface area contributed by atoms with Crippen molar-refractivity contribution < 1.29 is 33.0 Å². The zero-order chi connectivity index (χ0) is 32.3. The van der Waals surface area contributed by atoms with Gasteiger partial charge in [0.25, 0.3) is 10.0 Å². The molecule has 1 aromatic carbocycles. The Labute approximate surface area is 268 Å². The Morgan fingerprint density at radius 3 is 2.40 bits per heavy atom. The van der Waals surface area contributed by atoms with Gasteiger partial charge in [0, 0.05) is 18.7 Å². The second-order valence-corrected chi connectivity index (χ2v) is 17.1. The van der Waals surface area contributed by atoms with Gasteiger partial charge in [0.2, 0.25) is 5.91 Å². The van der Waals surface area contributed by atoms with Gasteiger partial charge in [-0.05, 0) is 128 Å². The van der Waals surface area contributed by atoms with Crippen molar-refractivity contribution in [1.29, 1.82) is 0 Å². The van der Waals surface area contributed by atoms with Crippen LogP contribution < -0.4 is 9.62 Å². The summed E-state index contributed by atoms with van der Waals surface area (Å²) in [5.74, 6) is 2.02. The molecule has 0 radical (unpaired) electrons. The number of nitrogens with one attached hydrogen (secondary N) is 1. The smallest absolute Gasteiger partial charge is 0.421 e. The fourth-order valence-electron chi connectivity index (χ4n) is 11.2. The van der Waals surface area contributed by atoms with Gasteiger partial charge in [-0.2, -0.15) is 0 Å². The van der Waals surface area contributed by atoms with Crippen molar-refractivity contribution >= 4 is 27.7 Å². The van der Waals surface area contributed by atoms with Gasteiger partial charge in [-0.3, -0.25) is 4.79 Å². The lowest BCUT2D eigenvalue weighted by Gasteiger charge is -2.64. The van der Waals surface area contributed by atoms with E-state index in [0.717, 1.165) is 57.8 Å². The number of benzene rings is 1. The van der Waals surface area contributed by atoms with Crippen LogP contribution in [0.2, 0.25) is 0 Å². The molecule has 45 heavy (non-hydrogen) atoms. The number of hydrogen-bond donors (Lipinski definition) is 3. The van der Waals surface area contributed by atoms with E-state index in [0.29, 0.717) is 42.3 Å². The minimum absolute atomic E-state index is 0.0155. The number of carbonyl (C=O) groups excluding carboxylic acids is 2. The van der Waals surface area contributed by atoms with Crippen molar-refractivity contribution in [3.8, 4) is 0 Å². The quantitative estimate of drug-likeness (QED) is 0.358.